The normalized spacial score (nSPS) is 12.0. The van der Waals surface area contributed by atoms with Crippen molar-refractivity contribution in [3.05, 3.63) is 0 Å². The SMILES string of the molecule is SCCCSCC(CSCCCS)(CSCCCS)CSCCCS.SCCSCC(CSCCS)(CSCCS)CSCCS. The Bertz CT molecular complexity index is 476. The average Bonchev–Trinajstić information content (AvgIpc) is 3.06. The summed E-state index contributed by atoms with van der Waals surface area (Å²) in [6.07, 6.45) is 4.87. The largest absolute Gasteiger partial charge is 0.179 e. The van der Waals surface area contributed by atoms with Gasteiger partial charge < -0.3 is 0 Å². The van der Waals surface area contributed by atoms with Crippen LogP contribution in [-0.2, 0) is 0 Å². The molecule has 0 spiro atoms. The lowest BCUT2D eigenvalue weighted by atomic mass is 9.99. The van der Waals surface area contributed by atoms with E-state index in [0.717, 1.165) is 69.0 Å². The first kappa shape index (κ1) is 53.7. The molecule has 0 amide bonds. The van der Waals surface area contributed by atoms with Crippen molar-refractivity contribution in [3.63, 3.8) is 0 Å². The highest BCUT2D eigenvalue weighted by Crippen LogP contribution is 2.37. The molecule has 0 heterocycles. The van der Waals surface area contributed by atoms with Crippen LogP contribution in [0.15, 0.2) is 0 Å². The van der Waals surface area contributed by atoms with Crippen LogP contribution in [-0.4, -0.2) is 138 Å². The molecule has 0 aliphatic carbocycles. The van der Waals surface area contributed by atoms with E-state index in [-0.39, 0.29) is 0 Å². The van der Waals surface area contributed by atoms with Crippen LogP contribution in [0.5, 0.6) is 0 Å². The molecule has 0 saturated carbocycles. The molecule has 0 aromatic heterocycles. The predicted molar refractivity (Wildman–Crippen MR) is 273 cm³/mol. The predicted octanol–water partition coefficient (Wildman–Crippen LogP) is 10.8. The van der Waals surface area contributed by atoms with E-state index in [0.29, 0.717) is 10.8 Å². The van der Waals surface area contributed by atoms with Crippen LogP contribution in [0.3, 0.4) is 0 Å². The van der Waals surface area contributed by atoms with Crippen molar-refractivity contribution in [2.75, 3.05) is 138 Å². The molecular weight excluding hydrogens is 873 g/mol. The second kappa shape index (κ2) is 43.3. The van der Waals surface area contributed by atoms with Gasteiger partial charge in [0.15, 0.2) is 0 Å². The van der Waals surface area contributed by atoms with Crippen molar-refractivity contribution in [2.24, 2.45) is 10.8 Å². The monoisotopic (exact) mass is 936 g/mol. The standard InChI is InChI=1S/C17H36S8.C13H28S8/c18-5-1-9-22-13-17(14-23-10-2-6-19,15-24-11-3-7-20)16-25-12-4-8-21;14-1-5-18-9-13(10-19-6-2-15,11-20-7-3-16)12-21-8-4-17/h18-21H,1-16H2;14-17H,1-12H2. The maximum absolute atomic E-state index is 4.36. The number of rotatable bonds is 36. The van der Waals surface area contributed by atoms with Crippen molar-refractivity contribution in [1.29, 1.82) is 0 Å². The topological polar surface area (TPSA) is 0 Å². The Morgan fingerprint density at radius 2 is 0.413 bits per heavy atom. The lowest BCUT2D eigenvalue weighted by Crippen LogP contribution is -2.34. The molecule has 0 aliphatic rings. The smallest absolute Gasteiger partial charge is 0.00650 e. The number of hydrogen-bond donors (Lipinski definition) is 8. The van der Waals surface area contributed by atoms with Gasteiger partial charge in [0, 0.05) is 79.9 Å². The summed E-state index contributed by atoms with van der Waals surface area (Å²) in [5.74, 6) is 27.6. The Morgan fingerprint density at radius 1 is 0.239 bits per heavy atom. The molecule has 0 aromatic rings. The van der Waals surface area contributed by atoms with Gasteiger partial charge in [-0.25, -0.2) is 0 Å². The molecule has 0 fully saturated rings. The van der Waals surface area contributed by atoms with Gasteiger partial charge in [-0.15, -0.1) is 0 Å². The molecule has 0 atom stereocenters. The zero-order chi connectivity index (χ0) is 34.5. The van der Waals surface area contributed by atoms with E-state index >= 15 is 0 Å². The zero-order valence-electron chi connectivity index (χ0n) is 27.6. The number of thiol groups is 8. The van der Waals surface area contributed by atoms with Gasteiger partial charge in [-0.3, -0.25) is 0 Å². The maximum Gasteiger partial charge on any atom is 0.00650 e. The van der Waals surface area contributed by atoms with Gasteiger partial charge >= 0.3 is 0 Å². The quantitative estimate of drug-likeness (QED) is 0.0228. The Balaban J connectivity index is 0. The summed E-state index contributed by atoms with van der Waals surface area (Å²) in [6, 6.07) is 0. The van der Waals surface area contributed by atoms with Crippen LogP contribution in [0.4, 0.5) is 0 Å². The minimum absolute atomic E-state index is 0.419. The van der Waals surface area contributed by atoms with Crippen molar-refractivity contribution >= 4 is 195 Å². The number of hydrogen-bond acceptors (Lipinski definition) is 16. The van der Waals surface area contributed by atoms with Gasteiger partial charge in [-0.1, -0.05) is 0 Å². The highest BCUT2D eigenvalue weighted by atomic mass is 32.2. The van der Waals surface area contributed by atoms with Gasteiger partial charge in [0.2, 0.25) is 0 Å². The van der Waals surface area contributed by atoms with Gasteiger partial charge in [0.1, 0.15) is 0 Å². The Hall–Kier alpha value is 5.60. The number of thioether (sulfide) groups is 8. The van der Waals surface area contributed by atoms with Crippen molar-refractivity contribution in [1.82, 2.24) is 0 Å². The molecule has 0 unspecified atom stereocenters. The van der Waals surface area contributed by atoms with Gasteiger partial charge in [0.25, 0.3) is 0 Å². The first-order chi connectivity index (χ1) is 22.5. The fourth-order valence-electron chi connectivity index (χ4n) is 3.73. The molecule has 280 valence electrons. The van der Waals surface area contributed by atoms with E-state index in [1.54, 1.807) is 0 Å². The van der Waals surface area contributed by atoms with Gasteiger partial charge in [-0.05, 0) is 94.7 Å². The molecule has 0 rings (SSSR count). The Kier molecular flexibility index (Phi) is 50.6. The Labute approximate surface area is 365 Å². The molecule has 46 heavy (non-hydrogen) atoms. The van der Waals surface area contributed by atoms with Crippen LogP contribution in [0.2, 0.25) is 0 Å². The first-order valence-corrected chi connectivity index (χ1v) is 30.3. The van der Waals surface area contributed by atoms with Crippen LogP contribution < -0.4 is 0 Å². The van der Waals surface area contributed by atoms with Gasteiger partial charge in [0.05, 0.1) is 0 Å². The van der Waals surface area contributed by atoms with E-state index in [1.165, 1.54) is 94.7 Å². The lowest BCUT2D eigenvalue weighted by Gasteiger charge is -2.33. The summed E-state index contributed by atoms with van der Waals surface area (Å²) < 4.78 is 0. The molecule has 16 heteroatoms. The zero-order valence-corrected chi connectivity index (χ0v) is 41.3. The fourth-order valence-corrected chi connectivity index (χ4v) is 17.3. The Morgan fingerprint density at radius 3 is 0.565 bits per heavy atom. The van der Waals surface area contributed by atoms with Crippen molar-refractivity contribution in [2.45, 2.75) is 25.7 Å². The van der Waals surface area contributed by atoms with Crippen molar-refractivity contribution in [3.8, 4) is 0 Å². The van der Waals surface area contributed by atoms with Crippen molar-refractivity contribution < 1.29 is 0 Å². The minimum atomic E-state index is 0.419. The second-order valence-corrected chi connectivity index (χ2v) is 23.0. The highest BCUT2D eigenvalue weighted by Gasteiger charge is 2.31. The summed E-state index contributed by atoms with van der Waals surface area (Å²) in [7, 11) is 0. The third-order valence-corrected chi connectivity index (χ3v) is 20.2. The summed E-state index contributed by atoms with van der Waals surface area (Å²) in [4.78, 5) is 0. The van der Waals surface area contributed by atoms with E-state index in [9.17, 15) is 0 Å². The van der Waals surface area contributed by atoms with E-state index in [2.05, 4.69) is 195 Å². The summed E-state index contributed by atoms with van der Waals surface area (Å²) >= 11 is 51.6. The van der Waals surface area contributed by atoms with E-state index < -0.39 is 0 Å². The molecule has 0 radical (unpaired) electrons. The second-order valence-electron chi connectivity index (χ2n) is 10.6. The molecule has 0 saturated heterocycles. The van der Waals surface area contributed by atoms with Gasteiger partial charge in [-0.2, -0.15) is 195 Å². The highest BCUT2D eigenvalue weighted by molar-refractivity contribution is 8.03. The van der Waals surface area contributed by atoms with Crippen LogP contribution >= 0.6 is 195 Å². The lowest BCUT2D eigenvalue weighted by molar-refractivity contribution is 0.515. The molecule has 0 aliphatic heterocycles. The third kappa shape index (κ3) is 35.3. The van der Waals surface area contributed by atoms with Crippen LogP contribution in [0.25, 0.3) is 0 Å². The van der Waals surface area contributed by atoms with Crippen LogP contribution in [0, 0.1) is 10.8 Å². The minimum Gasteiger partial charge on any atom is -0.179 e. The molecule has 0 aromatic carbocycles. The first-order valence-electron chi connectivity index (χ1n) is 16.0. The average molecular weight is 938 g/mol. The van der Waals surface area contributed by atoms with Crippen LogP contribution in [0.1, 0.15) is 25.7 Å². The molecule has 0 nitrogen and oxygen atoms in total. The molecular formula is C30H64S16. The molecule has 0 bridgehead atoms. The van der Waals surface area contributed by atoms with E-state index in [1.807, 2.05) is 0 Å². The third-order valence-electron chi connectivity index (χ3n) is 6.00. The fraction of sp³-hybridized carbons (Fsp3) is 1.00. The molecule has 0 N–H and O–H groups in total. The van der Waals surface area contributed by atoms with E-state index in [4.69, 9.17) is 0 Å². The maximum atomic E-state index is 4.36. The summed E-state index contributed by atoms with van der Waals surface area (Å²) in [5.41, 5.74) is 0.869. The summed E-state index contributed by atoms with van der Waals surface area (Å²) in [6.45, 7) is 0. The summed E-state index contributed by atoms with van der Waals surface area (Å²) in [5, 5.41) is 0.